The summed E-state index contributed by atoms with van der Waals surface area (Å²) in [5.41, 5.74) is 4.44. The summed E-state index contributed by atoms with van der Waals surface area (Å²) < 4.78 is 0. The molecular formula is C21H26N4O3. The molecule has 2 rings (SSSR count). The lowest BCUT2D eigenvalue weighted by atomic mass is 10.1. The van der Waals surface area contributed by atoms with Gasteiger partial charge in [0, 0.05) is 11.4 Å². The van der Waals surface area contributed by atoms with Crippen LogP contribution in [0.15, 0.2) is 42.5 Å². The van der Waals surface area contributed by atoms with Crippen molar-refractivity contribution in [1.82, 2.24) is 10.2 Å². The highest BCUT2D eigenvalue weighted by molar-refractivity contribution is 6.02. The minimum Gasteiger partial charge on any atom is -0.325 e. The van der Waals surface area contributed by atoms with Gasteiger partial charge in [0.05, 0.1) is 13.1 Å². The minimum absolute atomic E-state index is 0.0278. The summed E-state index contributed by atoms with van der Waals surface area (Å²) in [4.78, 5) is 37.6. The third-order valence-corrected chi connectivity index (χ3v) is 4.05. The Kier molecular flexibility index (Phi) is 7.28. The zero-order valence-electron chi connectivity index (χ0n) is 16.6. The van der Waals surface area contributed by atoms with E-state index in [0.29, 0.717) is 11.4 Å². The van der Waals surface area contributed by atoms with E-state index in [-0.39, 0.29) is 19.0 Å². The van der Waals surface area contributed by atoms with Crippen LogP contribution in [-0.4, -0.2) is 42.9 Å². The predicted octanol–water partition coefficient (Wildman–Crippen LogP) is 2.83. The number of urea groups is 1. The first kappa shape index (κ1) is 21.1. The average Bonchev–Trinajstić information content (AvgIpc) is 2.59. The largest absolute Gasteiger partial charge is 0.325 e. The lowest BCUT2D eigenvalue weighted by Gasteiger charge is -2.16. The van der Waals surface area contributed by atoms with E-state index in [1.807, 2.05) is 57.2 Å². The third kappa shape index (κ3) is 6.85. The molecule has 28 heavy (non-hydrogen) atoms. The highest BCUT2D eigenvalue weighted by Crippen LogP contribution is 2.15. The Morgan fingerprint density at radius 2 is 1.43 bits per heavy atom. The van der Waals surface area contributed by atoms with E-state index in [0.717, 1.165) is 16.7 Å². The SMILES string of the molecule is Cc1ccc(NC(=O)CN(C)CC(=O)NC(=O)Nc2ccc(C)cc2C)cc1. The number of hydrogen-bond acceptors (Lipinski definition) is 4. The van der Waals surface area contributed by atoms with Gasteiger partial charge >= 0.3 is 6.03 Å². The number of likely N-dealkylation sites (N-methyl/N-ethyl adjacent to an activating group) is 1. The summed E-state index contributed by atoms with van der Waals surface area (Å²) >= 11 is 0. The van der Waals surface area contributed by atoms with Crippen molar-refractivity contribution in [1.29, 1.82) is 0 Å². The van der Waals surface area contributed by atoms with Crippen LogP contribution in [0.3, 0.4) is 0 Å². The zero-order chi connectivity index (χ0) is 20.7. The molecule has 0 aliphatic carbocycles. The molecule has 0 heterocycles. The maximum absolute atomic E-state index is 12.1. The smallest absolute Gasteiger partial charge is 0.325 e. The molecule has 0 saturated carbocycles. The number of anilines is 2. The summed E-state index contributed by atoms with van der Waals surface area (Å²) in [6.45, 7) is 5.76. The molecule has 0 radical (unpaired) electrons. The molecule has 2 aromatic carbocycles. The van der Waals surface area contributed by atoms with E-state index in [1.165, 1.54) is 4.90 Å². The van der Waals surface area contributed by atoms with Crippen LogP contribution in [0.2, 0.25) is 0 Å². The normalized spacial score (nSPS) is 10.5. The van der Waals surface area contributed by atoms with E-state index in [2.05, 4.69) is 16.0 Å². The van der Waals surface area contributed by atoms with Gasteiger partial charge in [0.1, 0.15) is 0 Å². The van der Waals surface area contributed by atoms with Gasteiger partial charge in [0.25, 0.3) is 0 Å². The molecular weight excluding hydrogens is 356 g/mol. The van der Waals surface area contributed by atoms with Crippen LogP contribution < -0.4 is 16.0 Å². The first-order chi connectivity index (χ1) is 13.2. The first-order valence-electron chi connectivity index (χ1n) is 8.96. The van der Waals surface area contributed by atoms with Crippen molar-refractivity contribution in [2.24, 2.45) is 0 Å². The van der Waals surface area contributed by atoms with Gasteiger partial charge in [-0.2, -0.15) is 0 Å². The predicted molar refractivity (Wildman–Crippen MR) is 110 cm³/mol. The van der Waals surface area contributed by atoms with E-state index in [4.69, 9.17) is 0 Å². The fraction of sp³-hybridized carbons (Fsp3) is 0.286. The van der Waals surface area contributed by atoms with E-state index in [1.54, 1.807) is 13.1 Å². The Labute approximate surface area is 165 Å². The van der Waals surface area contributed by atoms with Crippen LogP contribution >= 0.6 is 0 Å². The van der Waals surface area contributed by atoms with Crippen molar-refractivity contribution in [2.75, 3.05) is 30.8 Å². The maximum Gasteiger partial charge on any atom is 0.325 e. The number of hydrogen-bond donors (Lipinski definition) is 3. The summed E-state index contributed by atoms with van der Waals surface area (Å²) in [6, 6.07) is 12.4. The number of imide groups is 1. The number of nitrogens with one attached hydrogen (secondary N) is 3. The number of carbonyl (C=O) groups excluding carboxylic acids is 3. The fourth-order valence-corrected chi connectivity index (χ4v) is 2.66. The van der Waals surface area contributed by atoms with E-state index in [9.17, 15) is 14.4 Å². The van der Waals surface area contributed by atoms with Crippen molar-refractivity contribution >= 4 is 29.2 Å². The Hall–Kier alpha value is -3.19. The Balaban J connectivity index is 1.77. The van der Waals surface area contributed by atoms with E-state index >= 15 is 0 Å². The zero-order valence-corrected chi connectivity index (χ0v) is 16.6. The highest BCUT2D eigenvalue weighted by Gasteiger charge is 2.14. The molecule has 0 spiro atoms. The molecule has 0 saturated heterocycles. The topological polar surface area (TPSA) is 90.5 Å². The lowest BCUT2D eigenvalue weighted by Crippen LogP contribution is -2.42. The van der Waals surface area contributed by atoms with Crippen LogP contribution in [0.25, 0.3) is 0 Å². The quantitative estimate of drug-likeness (QED) is 0.717. The van der Waals surface area contributed by atoms with Crippen LogP contribution in [0, 0.1) is 20.8 Å². The monoisotopic (exact) mass is 382 g/mol. The molecule has 148 valence electrons. The van der Waals surface area contributed by atoms with E-state index < -0.39 is 11.9 Å². The number of benzene rings is 2. The minimum atomic E-state index is -0.602. The molecule has 0 aliphatic heterocycles. The molecule has 0 aliphatic rings. The Morgan fingerprint density at radius 3 is 2.07 bits per heavy atom. The maximum atomic E-state index is 12.1. The van der Waals surface area contributed by atoms with Crippen LogP contribution in [0.1, 0.15) is 16.7 Å². The van der Waals surface area contributed by atoms with Crippen molar-refractivity contribution in [3.8, 4) is 0 Å². The molecule has 0 aromatic heterocycles. The molecule has 0 bridgehead atoms. The van der Waals surface area contributed by atoms with Gasteiger partial charge in [-0.25, -0.2) is 4.79 Å². The molecule has 7 nitrogen and oxygen atoms in total. The van der Waals surface area contributed by atoms with Gasteiger partial charge in [0.15, 0.2) is 0 Å². The summed E-state index contributed by atoms with van der Waals surface area (Å²) in [5, 5.41) is 7.68. The number of amides is 4. The Morgan fingerprint density at radius 1 is 0.821 bits per heavy atom. The van der Waals surface area contributed by atoms with Gasteiger partial charge in [-0.1, -0.05) is 35.4 Å². The van der Waals surface area contributed by atoms with Crippen LogP contribution in [0.5, 0.6) is 0 Å². The molecule has 0 atom stereocenters. The third-order valence-electron chi connectivity index (χ3n) is 4.05. The molecule has 2 aromatic rings. The standard InChI is InChI=1S/C21H26N4O3/c1-14-5-8-17(9-6-14)22-19(26)12-25(4)13-20(27)24-21(28)23-18-10-7-15(2)11-16(18)3/h5-11H,12-13H2,1-4H3,(H,22,26)(H2,23,24,27,28). The van der Waals surface area contributed by atoms with Crippen molar-refractivity contribution in [3.63, 3.8) is 0 Å². The molecule has 4 amide bonds. The number of aryl methyl sites for hydroxylation is 3. The van der Waals surface area contributed by atoms with Gasteiger partial charge in [-0.05, 0) is 51.6 Å². The van der Waals surface area contributed by atoms with Crippen LogP contribution in [0.4, 0.5) is 16.2 Å². The summed E-state index contributed by atoms with van der Waals surface area (Å²) in [6.07, 6.45) is 0. The second-order valence-electron chi connectivity index (χ2n) is 6.91. The lowest BCUT2D eigenvalue weighted by molar-refractivity contribution is -0.121. The molecule has 0 unspecified atom stereocenters. The van der Waals surface area contributed by atoms with Gasteiger partial charge in [-0.15, -0.1) is 0 Å². The second-order valence-corrected chi connectivity index (χ2v) is 6.91. The molecule has 7 heteroatoms. The molecule has 3 N–H and O–H groups in total. The highest BCUT2D eigenvalue weighted by atomic mass is 16.2. The second kappa shape index (κ2) is 9.66. The number of carbonyl (C=O) groups is 3. The number of nitrogens with zero attached hydrogens (tertiary/aromatic N) is 1. The summed E-state index contributed by atoms with van der Waals surface area (Å²) in [7, 11) is 1.64. The van der Waals surface area contributed by atoms with Crippen molar-refractivity contribution < 1.29 is 14.4 Å². The Bertz CT molecular complexity index is 862. The fourth-order valence-electron chi connectivity index (χ4n) is 2.66. The van der Waals surface area contributed by atoms with Gasteiger partial charge < -0.3 is 10.6 Å². The van der Waals surface area contributed by atoms with Crippen LogP contribution in [-0.2, 0) is 9.59 Å². The van der Waals surface area contributed by atoms with Gasteiger partial charge in [0.2, 0.25) is 11.8 Å². The average molecular weight is 382 g/mol. The summed E-state index contributed by atoms with van der Waals surface area (Å²) in [5.74, 6) is -0.730. The van der Waals surface area contributed by atoms with Crippen molar-refractivity contribution in [2.45, 2.75) is 20.8 Å². The van der Waals surface area contributed by atoms with Gasteiger partial charge in [-0.3, -0.25) is 19.8 Å². The number of rotatable bonds is 6. The molecule has 0 fully saturated rings. The van der Waals surface area contributed by atoms with Crippen molar-refractivity contribution in [3.05, 3.63) is 59.2 Å². The first-order valence-corrected chi connectivity index (χ1v) is 8.96.